The summed E-state index contributed by atoms with van der Waals surface area (Å²) >= 11 is 0. The van der Waals surface area contributed by atoms with Gasteiger partial charge in [0.25, 0.3) is 0 Å². The summed E-state index contributed by atoms with van der Waals surface area (Å²) in [7, 11) is 1.48. The summed E-state index contributed by atoms with van der Waals surface area (Å²) in [6.07, 6.45) is 0.631. The first-order chi connectivity index (χ1) is 9.72. The average Bonchev–Trinajstić information content (AvgIpc) is 2.73. The maximum atomic E-state index is 13.8. The van der Waals surface area contributed by atoms with Crippen LogP contribution >= 0.6 is 0 Å². The lowest BCUT2D eigenvalue weighted by Gasteiger charge is -2.22. The van der Waals surface area contributed by atoms with E-state index in [2.05, 4.69) is 4.90 Å². The fourth-order valence-electron chi connectivity index (χ4n) is 2.49. The Hall–Kier alpha value is -1.17. The quantitative estimate of drug-likeness (QED) is 0.897. The van der Waals surface area contributed by atoms with E-state index in [1.54, 1.807) is 12.1 Å². The lowest BCUT2D eigenvalue weighted by atomic mass is 10.0. The van der Waals surface area contributed by atoms with Crippen molar-refractivity contribution in [1.82, 2.24) is 4.90 Å². The van der Waals surface area contributed by atoms with Gasteiger partial charge in [-0.15, -0.1) is 0 Å². The van der Waals surface area contributed by atoms with E-state index < -0.39 is 11.9 Å². The minimum absolute atomic E-state index is 0.251. The Labute approximate surface area is 119 Å². The number of hydrogen-bond donors (Lipinski definition) is 1. The van der Waals surface area contributed by atoms with E-state index in [1.807, 2.05) is 0 Å². The summed E-state index contributed by atoms with van der Waals surface area (Å²) in [6, 6.07) is 4.60. The predicted octanol–water partition coefficient (Wildman–Crippen LogP) is 1.98. The Bertz CT molecular complexity index is 420. The van der Waals surface area contributed by atoms with Crippen LogP contribution in [0.1, 0.15) is 24.5 Å². The van der Waals surface area contributed by atoms with Crippen molar-refractivity contribution in [1.29, 1.82) is 0 Å². The van der Waals surface area contributed by atoms with Gasteiger partial charge in [0.05, 0.1) is 25.4 Å². The summed E-state index contributed by atoms with van der Waals surface area (Å²) < 4.78 is 24.4. The summed E-state index contributed by atoms with van der Waals surface area (Å²) in [6.45, 7) is 4.06. The zero-order valence-electron chi connectivity index (χ0n) is 11.8. The highest BCUT2D eigenvalue weighted by atomic mass is 19.1. The van der Waals surface area contributed by atoms with E-state index in [4.69, 9.17) is 9.47 Å². The zero-order valence-corrected chi connectivity index (χ0v) is 11.8. The van der Waals surface area contributed by atoms with Gasteiger partial charge in [-0.25, -0.2) is 4.39 Å². The van der Waals surface area contributed by atoms with E-state index in [0.29, 0.717) is 12.2 Å². The first kappa shape index (κ1) is 15.2. The molecule has 0 bridgehead atoms. The molecule has 1 fully saturated rings. The number of benzene rings is 1. The molecular formula is C15H22FNO3. The highest BCUT2D eigenvalue weighted by Gasteiger charge is 2.19. The minimum atomic E-state index is -0.852. The molecule has 2 rings (SSSR count). The standard InChI is InChI=1S/C15H22FNO3/c1-19-14-5-2-4-12(16)15(14)13(18)6-8-17-7-3-10-20-11-9-17/h2,4-5,13,18H,3,6-11H2,1H3. The van der Waals surface area contributed by atoms with E-state index in [-0.39, 0.29) is 5.56 Å². The Morgan fingerprint density at radius 2 is 2.25 bits per heavy atom. The molecule has 112 valence electrons. The second-order valence-electron chi connectivity index (χ2n) is 4.97. The third-order valence-electron chi connectivity index (χ3n) is 3.60. The fraction of sp³-hybridized carbons (Fsp3) is 0.600. The fourth-order valence-corrected chi connectivity index (χ4v) is 2.49. The molecule has 1 aliphatic heterocycles. The van der Waals surface area contributed by atoms with Crippen LogP contribution in [0.15, 0.2) is 18.2 Å². The number of rotatable bonds is 5. The van der Waals surface area contributed by atoms with Crippen LogP contribution in [-0.2, 0) is 4.74 Å². The summed E-state index contributed by atoms with van der Waals surface area (Å²) in [5.74, 6) is -0.0206. The van der Waals surface area contributed by atoms with Gasteiger partial charge in [-0.2, -0.15) is 0 Å². The number of aliphatic hydroxyl groups excluding tert-OH is 1. The number of aliphatic hydroxyl groups is 1. The first-order valence-corrected chi connectivity index (χ1v) is 7.03. The second-order valence-corrected chi connectivity index (χ2v) is 4.97. The zero-order chi connectivity index (χ0) is 14.4. The van der Waals surface area contributed by atoms with Crippen LogP contribution in [0.3, 0.4) is 0 Å². The molecule has 1 heterocycles. The van der Waals surface area contributed by atoms with E-state index in [0.717, 1.165) is 39.3 Å². The largest absolute Gasteiger partial charge is 0.496 e. The van der Waals surface area contributed by atoms with Crippen LogP contribution in [0, 0.1) is 5.82 Å². The van der Waals surface area contributed by atoms with Crippen molar-refractivity contribution in [3.63, 3.8) is 0 Å². The van der Waals surface area contributed by atoms with Crippen molar-refractivity contribution in [3.05, 3.63) is 29.6 Å². The summed E-state index contributed by atoms with van der Waals surface area (Å²) in [5, 5.41) is 10.2. The molecule has 1 aromatic rings. The van der Waals surface area contributed by atoms with E-state index in [9.17, 15) is 9.50 Å². The third kappa shape index (κ3) is 3.91. The minimum Gasteiger partial charge on any atom is -0.496 e. The SMILES string of the molecule is COc1cccc(F)c1C(O)CCN1CCCOCC1. The maximum absolute atomic E-state index is 13.8. The molecule has 0 radical (unpaired) electrons. The lowest BCUT2D eigenvalue weighted by molar-refractivity contribution is 0.123. The van der Waals surface area contributed by atoms with Crippen LogP contribution < -0.4 is 4.74 Å². The van der Waals surface area contributed by atoms with Crippen molar-refractivity contribution in [2.24, 2.45) is 0 Å². The molecule has 0 spiro atoms. The normalized spacial score (nSPS) is 18.6. The predicted molar refractivity (Wildman–Crippen MR) is 74.4 cm³/mol. The van der Waals surface area contributed by atoms with Crippen molar-refractivity contribution in [2.75, 3.05) is 40.0 Å². The molecule has 0 amide bonds. The van der Waals surface area contributed by atoms with E-state index >= 15 is 0 Å². The van der Waals surface area contributed by atoms with Crippen molar-refractivity contribution < 1.29 is 19.0 Å². The van der Waals surface area contributed by atoms with Gasteiger partial charge in [0.15, 0.2) is 0 Å². The molecule has 5 heteroatoms. The average molecular weight is 283 g/mol. The van der Waals surface area contributed by atoms with Crippen LogP contribution in [0.25, 0.3) is 0 Å². The molecule has 1 aromatic carbocycles. The molecule has 4 nitrogen and oxygen atoms in total. The Morgan fingerprint density at radius 3 is 3.05 bits per heavy atom. The Morgan fingerprint density at radius 1 is 1.40 bits per heavy atom. The molecule has 0 aliphatic carbocycles. The first-order valence-electron chi connectivity index (χ1n) is 7.03. The number of hydrogen-bond acceptors (Lipinski definition) is 4. The summed E-state index contributed by atoms with van der Waals surface area (Å²) in [5.41, 5.74) is 0.251. The van der Waals surface area contributed by atoms with Gasteiger partial charge in [0, 0.05) is 26.2 Å². The van der Waals surface area contributed by atoms with Gasteiger partial charge >= 0.3 is 0 Å². The topological polar surface area (TPSA) is 41.9 Å². The summed E-state index contributed by atoms with van der Waals surface area (Å²) in [4.78, 5) is 2.24. The molecule has 1 saturated heterocycles. The second kappa shape index (κ2) is 7.57. The van der Waals surface area contributed by atoms with Gasteiger partial charge in [-0.1, -0.05) is 6.07 Å². The molecule has 0 saturated carbocycles. The highest BCUT2D eigenvalue weighted by molar-refractivity contribution is 5.36. The molecular weight excluding hydrogens is 261 g/mol. The van der Waals surface area contributed by atoms with E-state index in [1.165, 1.54) is 13.2 Å². The van der Waals surface area contributed by atoms with Gasteiger partial charge in [-0.05, 0) is 25.0 Å². The van der Waals surface area contributed by atoms with Gasteiger partial charge in [0.1, 0.15) is 11.6 Å². The van der Waals surface area contributed by atoms with Crippen LogP contribution in [0.2, 0.25) is 0 Å². The molecule has 1 atom stereocenters. The Balaban J connectivity index is 1.95. The highest BCUT2D eigenvalue weighted by Crippen LogP contribution is 2.29. The van der Waals surface area contributed by atoms with Crippen molar-refractivity contribution >= 4 is 0 Å². The third-order valence-corrected chi connectivity index (χ3v) is 3.60. The van der Waals surface area contributed by atoms with Gasteiger partial charge < -0.3 is 19.5 Å². The molecule has 20 heavy (non-hydrogen) atoms. The van der Waals surface area contributed by atoms with Gasteiger partial charge in [-0.3, -0.25) is 0 Å². The molecule has 1 aliphatic rings. The lowest BCUT2D eigenvalue weighted by Crippen LogP contribution is -2.28. The maximum Gasteiger partial charge on any atom is 0.132 e. The monoisotopic (exact) mass is 283 g/mol. The van der Waals surface area contributed by atoms with Crippen molar-refractivity contribution in [3.8, 4) is 5.75 Å². The Kier molecular flexibility index (Phi) is 5.76. The number of ether oxygens (including phenoxy) is 2. The molecule has 1 N–H and O–H groups in total. The number of methoxy groups -OCH3 is 1. The van der Waals surface area contributed by atoms with Crippen LogP contribution in [-0.4, -0.2) is 50.0 Å². The van der Waals surface area contributed by atoms with Crippen LogP contribution in [0.5, 0.6) is 5.75 Å². The van der Waals surface area contributed by atoms with Crippen molar-refractivity contribution in [2.45, 2.75) is 18.9 Å². The number of nitrogens with zero attached hydrogens (tertiary/aromatic N) is 1. The number of halogens is 1. The smallest absolute Gasteiger partial charge is 0.132 e. The molecule has 1 unspecified atom stereocenters. The molecule has 0 aromatic heterocycles. The van der Waals surface area contributed by atoms with Crippen LogP contribution in [0.4, 0.5) is 4.39 Å². The van der Waals surface area contributed by atoms with Gasteiger partial charge in [0.2, 0.25) is 0 Å².